The van der Waals surface area contributed by atoms with E-state index in [1.165, 1.54) is 0 Å². The summed E-state index contributed by atoms with van der Waals surface area (Å²) in [4.78, 5) is 22.8. The molecule has 0 unspecified atom stereocenters. The van der Waals surface area contributed by atoms with Crippen molar-refractivity contribution < 1.29 is 4.79 Å². The van der Waals surface area contributed by atoms with E-state index in [1.807, 2.05) is 6.92 Å². The standard InChI is InChI=1S/C9H13N3O2/c1-2-12-5-7(9(14)11-12)8(13)10-6-3-4-6/h5-6H,2-4H2,1H3,(H,10,13)(H,11,14). The Hall–Kier alpha value is -1.52. The van der Waals surface area contributed by atoms with Crippen molar-refractivity contribution in [1.82, 2.24) is 15.1 Å². The lowest BCUT2D eigenvalue weighted by Gasteiger charge is -1.97. The first-order valence-corrected chi connectivity index (χ1v) is 4.81. The van der Waals surface area contributed by atoms with E-state index < -0.39 is 0 Å². The zero-order valence-electron chi connectivity index (χ0n) is 8.04. The van der Waals surface area contributed by atoms with Gasteiger partial charge in [-0.1, -0.05) is 0 Å². The maximum atomic E-state index is 11.5. The predicted octanol–water partition coefficient (Wildman–Crippen LogP) is 0.0885. The van der Waals surface area contributed by atoms with Crippen LogP contribution in [0.4, 0.5) is 0 Å². The van der Waals surface area contributed by atoms with E-state index >= 15 is 0 Å². The van der Waals surface area contributed by atoms with Crippen molar-refractivity contribution in [3.05, 3.63) is 22.1 Å². The van der Waals surface area contributed by atoms with Gasteiger partial charge in [-0.2, -0.15) is 0 Å². The lowest BCUT2D eigenvalue weighted by Crippen LogP contribution is -2.29. The average molecular weight is 195 g/mol. The molecule has 0 bridgehead atoms. The highest BCUT2D eigenvalue weighted by molar-refractivity contribution is 5.93. The number of carbonyl (C=O) groups is 1. The first-order chi connectivity index (χ1) is 6.70. The van der Waals surface area contributed by atoms with E-state index in [9.17, 15) is 9.59 Å². The third kappa shape index (κ3) is 1.71. The Labute approximate surface area is 81.1 Å². The van der Waals surface area contributed by atoms with E-state index in [1.54, 1.807) is 10.9 Å². The van der Waals surface area contributed by atoms with Gasteiger partial charge in [-0.15, -0.1) is 0 Å². The van der Waals surface area contributed by atoms with Crippen LogP contribution < -0.4 is 10.9 Å². The van der Waals surface area contributed by atoms with Gasteiger partial charge in [-0.05, 0) is 19.8 Å². The summed E-state index contributed by atoms with van der Waals surface area (Å²) in [5.41, 5.74) is -0.108. The molecule has 76 valence electrons. The summed E-state index contributed by atoms with van der Waals surface area (Å²) in [6.45, 7) is 2.56. The quantitative estimate of drug-likeness (QED) is 0.717. The molecule has 0 spiro atoms. The smallest absolute Gasteiger partial charge is 0.276 e. The second kappa shape index (κ2) is 3.32. The van der Waals surface area contributed by atoms with Crippen molar-refractivity contribution in [2.75, 3.05) is 0 Å². The molecule has 1 aliphatic carbocycles. The SMILES string of the molecule is CCn1cc(C(=O)NC2CC2)c(=O)[nH]1. The van der Waals surface area contributed by atoms with Crippen LogP contribution in [0.5, 0.6) is 0 Å². The molecule has 0 aliphatic heterocycles. The zero-order chi connectivity index (χ0) is 10.1. The number of aryl methyl sites for hydroxylation is 1. The fraction of sp³-hybridized carbons (Fsp3) is 0.556. The minimum Gasteiger partial charge on any atom is -0.349 e. The molecule has 0 radical (unpaired) electrons. The van der Waals surface area contributed by atoms with Gasteiger partial charge in [0.1, 0.15) is 5.56 Å². The highest BCUT2D eigenvalue weighted by Gasteiger charge is 2.25. The van der Waals surface area contributed by atoms with Crippen LogP contribution in [-0.4, -0.2) is 21.7 Å². The monoisotopic (exact) mass is 195 g/mol. The van der Waals surface area contributed by atoms with E-state index in [0.717, 1.165) is 12.8 Å². The Morgan fingerprint density at radius 2 is 2.43 bits per heavy atom. The Bertz CT molecular complexity index is 400. The molecule has 1 heterocycles. The number of amides is 1. The van der Waals surface area contributed by atoms with Gasteiger partial charge in [0.05, 0.1) is 0 Å². The summed E-state index contributed by atoms with van der Waals surface area (Å²) >= 11 is 0. The van der Waals surface area contributed by atoms with Gasteiger partial charge in [0.15, 0.2) is 0 Å². The van der Waals surface area contributed by atoms with Crippen LogP contribution in [0.15, 0.2) is 11.0 Å². The molecule has 5 heteroatoms. The summed E-state index contributed by atoms with van der Waals surface area (Å²) in [6, 6.07) is 0.284. The third-order valence-electron chi connectivity index (χ3n) is 2.27. The number of H-pyrrole nitrogens is 1. The summed E-state index contributed by atoms with van der Waals surface area (Å²) in [7, 11) is 0. The van der Waals surface area contributed by atoms with Gasteiger partial charge in [-0.25, -0.2) is 0 Å². The summed E-state index contributed by atoms with van der Waals surface area (Å²) in [5, 5.41) is 5.35. The van der Waals surface area contributed by atoms with Gasteiger partial charge in [0, 0.05) is 18.8 Å². The molecule has 1 aromatic heterocycles. The van der Waals surface area contributed by atoms with Crippen LogP contribution in [0.1, 0.15) is 30.1 Å². The summed E-state index contributed by atoms with van der Waals surface area (Å²) in [6.07, 6.45) is 3.61. The topological polar surface area (TPSA) is 66.9 Å². The van der Waals surface area contributed by atoms with E-state index in [4.69, 9.17) is 0 Å². The highest BCUT2D eigenvalue weighted by atomic mass is 16.2. The maximum Gasteiger partial charge on any atom is 0.276 e. The number of rotatable bonds is 3. The summed E-state index contributed by atoms with van der Waals surface area (Å²) < 4.78 is 1.60. The predicted molar refractivity (Wildman–Crippen MR) is 51.2 cm³/mol. The molecule has 14 heavy (non-hydrogen) atoms. The maximum absolute atomic E-state index is 11.5. The molecule has 1 amide bonds. The lowest BCUT2D eigenvalue weighted by atomic mass is 10.3. The van der Waals surface area contributed by atoms with E-state index in [2.05, 4.69) is 10.4 Å². The number of nitrogens with zero attached hydrogens (tertiary/aromatic N) is 1. The van der Waals surface area contributed by atoms with E-state index in [0.29, 0.717) is 6.54 Å². The number of hydrogen-bond donors (Lipinski definition) is 2. The number of hydrogen-bond acceptors (Lipinski definition) is 2. The van der Waals surface area contributed by atoms with Crippen LogP contribution >= 0.6 is 0 Å². The van der Waals surface area contributed by atoms with Crippen LogP contribution in [0.2, 0.25) is 0 Å². The van der Waals surface area contributed by atoms with Gasteiger partial charge in [0.25, 0.3) is 11.5 Å². The van der Waals surface area contributed by atoms with Gasteiger partial charge in [0.2, 0.25) is 0 Å². The molecule has 1 fully saturated rings. The second-order valence-corrected chi connectivity index (χ2v) is 3.52. The van der Waals surface area contributed by atoms with E-state index in [-0.39, 0.29) is 23.1 Å². The van der Waals surface area contributed by atoms with Crippen LogP contribution in [0.3, 0.4) is 0 Å². The van der Waals surface area contributed by atoms with Gasteiger partial charge >= 0.3 is 0 Å². The normalized spacial score (nSPS) is 15.5. The van der Waals surface area contributed by atoms with Crippen molar-refractivity contribution in [3.63, 3.8) is 0 Å². The average Bonchev–Trinajstić information content (AvgIpc) is 2.87. The summed E-state index contributed by atoms with van der Waals surface area (Å²) in [5.74, 6) is -0.263. The molecule has 0 aromatic carbocycles. The van der Waals surface area contributed by atoms with Crippen molar-refractivity contribution in [1.29, 1.82) is 0 Å². The molecular weight excluding hydrogens is 182 g/mol. The Morgan fingerprint density at radius 1 is 1.71 bits per heavy atom. The number of carbonyl (C=O) groups excluding carboxylic acids is 1. The van der Waals surface area contributed by atoms with Crippen molar-refractivity contribution in [2.45, 2.75) is 32.4 Å². The fourth-order valence-corrected chi connectivity index (χ4v) is 1.26. The van der Waals surface area contributed by atoms with Gasteiger partial charge < -0.3 is 5.32 Å². The number of aromatic nitrogens is 2. The minimum absolute atomic E-state index is 0.207. The molecule has 1 saturated carbocycles. The number of aromatic amines is 1. The first-order valence-electron chi connectivity index (χ1n) is 4.81. The van der Waals surface area contributed by atoms with Crippen molar-refractivity contribution >= 4 is 5.91 Å². The van der Waals surface area contributed by atoms with Crippen LogP contribution in [-0.2, 0) is 6.54 Å². The largest absolute Gasteiger partial charge is 0.349 e. The molecule has 2 N–H and O–H groups in total. The molecule has 1 aliphatic rings. The molecule has 5 nitrogen and oxygen atoms in total. The fourth-order valence-electron chi connectivity index (χ4n) is 1.26. The minimum atomic E-state index is -0.315. The Balaban J connectivity index is 2.16. The highest BCUT2D eigenvalue weighted by Crippen LogP contribution is 2.18. The lowest BCUT2D eigenvalue weighted by molar-refractivity contribution is 0.0950. The molecular formula is C9H13N3O2. The van der Waals surface area contributed by atoms with Crippen LogP contribution in [0, 0.1) is 0 Å². The van der Waals surface area contributed by atoms with Crippen molar-refractivity contribution in [3.8, 4) is 0 Å². The third-order valence-corrected chi connectivity index (χ3v) is 2.27. The molecule has 0 saturated heterocycles. The zero-order valence-corrected chi connectivity index (χ0v) is 8.04. The van der Waals surface area contributed by atoms with Crippen molar-refractivity contribution in [2.24, 2.45) is 0 Å². The Morgan fingerprint density at radius 3 is 2.93 bits per heavy atom. The number of nitrogens with one attached hydrogen (secondary N) is 2. The molecule has 0 atom stereocenters. The first kappa shape index (κ1) is 9.05. The molecule has 1 aromatic rings. The second-order valence-electron chi connectivity index (χ2n) is 3.52. The van der Waals surface area contributed by atoms with Crippen LogP contribution in [0.25, 0.3) is 0 Å². The van der Waals surface area contributed by atoms with Gasteiger partial charge in [-0.3, -0.25) is 19.4 Å². The Kier molecular flexibility index (Phi) is 2.15. The molecule has 2 rings (SSSR count).